The van der Waals surface area contributed by atoms with Crippen molar-refractivity contribution in [2.75, 3.05) is 0 Å². The summed E-state index contributed by atoms with van der Waals surface area (Å²) in [6.45, 7) is 7.36. The maximum atomic E-state index is 12.1. The fraction of sp³-hybridized carbons (Fsp3) is 0.667. The third kappa shape index (κ3) is 3.69. The molecule has 1 rings (SSSR count). The zero-order valence-corrected chi connectivity index (χ0v) is 12.7. The van der Waals surface area contributed by atoms with E-state index in [1.165, 1.54) is 4.57 Å². The molecular weight excluding hydrogens is 331 g/mol. The fourth-order valence-electron chi connectivity index (χ4n) is 1.60. The highest BCUT2D eigenvalue weighted by atomic mass is 127. The van der Waals surface area contributed by atoms with Gasteiger partial charge in [-0.05, 0) is 41.4 Å². The van der Waals surface area contributed by atoms with Gasteiger partial charge in [0.1, 0.15) is 0 Å². The molecule has 0 fully saturated rings. The molecule has 0 bridgehead atoms. The molecule has 1 aromatic heterocycles. The first-order valence-corrected chi connectivity index (χ1v) is 7.05. The van der Waals surface area contributed by atoms with Crippen molar-refractivity contribution in [1.82, 2.24) is 9.13 Å². The van der Waals surface area contributed by atoms with E-state index in [-0.39, 0.29) is 11.2 Å². The van der Waals surface area contributed by atoms with Gasteiger partial charge in [0.2, 0.25) is 0 Å². The van der Waals surface area contributed by atoms with Crippen LogP contribution in [-0.4, -0.2) is 9.13 Å². The van der Waals surface area contributed by atoms with Gasteiger partial charge in [0.15, 0.2) is 0 Å². The molecule has 0 spiro atoms. The Kier molecular flexibility index (Phi) is 5.42. The minimum atomic E-state index is -0.182. The van der Waals surface area contributed by atoms with E-state index < -0.39 is 0 Å². The van der Waals surface area contributed by atoms with Crippen molar-refractivity contribution in [3.05, 3.63) is 30.6 Å². The normalized spacial score (nSPS) is 11.1. The molecule has 0 aromatic carbocycles. The zero-order chi connectivity index (χ0) is 13.0. The number of rotatable bonds is 5. The average Bonchev–Trinajstić information content (AvgIpc) is 2.26. The molecular formula is C12H19IN2O2. The van der Waals surface area contributed by atoms with Crippen LogP contribution in [0.3, 0.4) is 0 Å². The number of aryl methyl sites for hydroxylation is 1. The van der Waals surface area contributed by atoms with Crippen molar-refractivity contribution in [1.29, 1.82) is 0 Å². The summed E-state index contributed by atoms with van der Waals surface area (Å²) in [5, 5.41) is 0. The largest absolute Gasteiger partial charge is 0.331 e. The predicted molar refractivity (Wildman–Crippen MR) is 77.4 cm³/mol. The van der Waals surface area contributed by atoms with Crippen LogP contribution in [0.2, 0.25) is 0 Å². The third-order valence-electron chi connectivity index (χ3n) is 2.59. The molecule has 96 valence electrons. The molecule has 0 radical (unpaired) electrons. The number of nitrogens with zero attached hydrogens (tertiary/aromatic N) is 2. The lowest BCUT2D eigenvalue weighted by molar-refractivity contribution is 0.471. The molecule has 5 heteroatoms. The van der Waals surface area contributed by atoms with Gasteiger partial charge in [0, 0.05) is 19.3 Å². The molecule has 0 amide bonds. The van der Waals surface area contributed by atoms with Crippen molar-refractivity contribution in [2.24, 2.45) is 5.92 Å². The SMILES string of the molecule is CCCn1cc(I)c(=O)n(CCC(C)C)c1=O. The molecule has 0 aliphatic rings. The molecule has 0 atom stereocenters. The zero-order valence-electron chi connectivity index (χ0n) is 10.6. The maximum absolute atomic E-state index is 12.1. The molecule has 1 heterocycles. The summed E-state index contributed by atoms with van der Waals surface area (Å²) >= 11 is 2.00. The van der Waals surface area contributed by atoms with E-state index >= 15 is 0 Å². The lowest BCUT2D eigenvalue weighted by atomic mass is 10.1. The average molecular weight is 350 g/mol. The molecule has 0 unspecified atom stereocenters. The standard InChI is InChI=1S/C12H19IN2O2/c1-4-6-14-8-10(13)11(16)15(12(14)17)7-5-9(2)3/h8-9H,4-7H2,1-3H3. The van der Waals surface area contributed by atoms with Crippen LogP contribution in [0.4, 0.5) is 0 Å². The minimum absolute atomic E-state index is 0.163. The van der Waals surface area contributed by atoms with E-state index in [0.717, 1.165) is 12.8 Å². The fourth-order valence-corrected chi connectivity index (χ4v) is 2.23. The van der Waals surface area contributed by atoms with Crippen molar-refractivity contribution in [3.8, 4) is 0 Å². The topological polar surface area (TPSA) is 44.0 Å². The first kappa shape index (κ1) is 14.5. The highest BCUT2D eigenvalue weighted by Crippen LogP contribution is 2.01. The van der Waals surface area contributed by atoms with Crippen LogP contribution in [0, 0.1) is 9.49 Å². The molecule has 0 aliphatic carbocycles. The molecule has 0 saturated heterocycles. The van der Waals surface area contributed by atoms with E-state index in [2.05, 4.69) is 13.8 Å². The summed E-state index contributed by atoms with van der Waals surface area (Å²) in [5.74, 6) is 0.485. The van der Waals surface area contributed by atoms with Crippen molar-refractivity contribution < 1.29 is 0 Å². The summed E-state index contributed by atoms with van der Waals surface area (Å²) < 4.78 is 3.60. The van der Waals surface area contributed by atoms with Gasteiger partial charge in [-0.1, -0.05) is 20.8 Å². The quantitative estimate of drug-likeness (QED) is 0.764. The van der Waals surface area contributed by atoms with E-state index in [0.29, 0.717) is 22.6 Å². The monoisotopic (exact) mass is 350 g/mol. The Morgan fingerprint density at radius 2 is 1.94 bits per heavy atom. The van der Waals surface area contributed by atoms with Crippen LogP contribution in [0.1, 0.15) is 33.6 Å². The van der Waals surface area contributed by atoms with Crippen LogP contribution in [0.15, 0.2) is 15.8 Å². The summed E-state index contributed by atoms with van der Waals surface area (Å²) in [4.78, 5) is 24.0. The van der Waals surface area contributed by atoms with Gasteiger partial charge in [0.05, 0.1) is 3.57 Å². The Morgan fingerprint density at radius 1 is 1.29 bits per heavy atom. The first-order chi connectivity index (χ1) is 7.97. The van der Waals surface area contributed by atoms with Crippen LogP contribution >= 0.6 is 22.6 Å². The van der Waals surface area contributed by atoms with Crippen molar-refractivity contribution in [2.45, 2.75) is 46.7 Å². The Morgan fingerprint density at radius 3 is 2.47 bits per heavy atom. The molecule has 4 nitrogen and oxygen atoms in total. The Balaban J connectivity index is 3.18. The number of hydrogen-bond donors (Lipinski definition) is 0. The van der Waals surface area contributed by atoms with E-state index in [1.807, 2.05) is 29.5 Å². The van der Waals surface area contributed by atoms with Crippen LogP contribution in [0.25, 0.3) is 0 Å². The van der Waals surface area contributed by atoms with Gasteiger partial charge in [-0.2, -0.15) is 0 Å². The summed E-state index contributed by atoms with van der Waals surface area (Å²) in [5.41, 5.74) is -0.346. The maximum Gasteiger partial charge on any atom is 0.331 e. The van der Waals surface area contributed by atoms with Crippen LogP contribution in [0.5, 0.6) is 0 Å². The Hall–Kier alpha value is -0.590. The Labute approximate surface area is 115 Å². The highest BCUT2D eigenvalue weighted by molar-refractivity contribution is 14.1. The molecule has 0 aliphatic heterocycles. The summed E-state index contributed by atoms with van der Waals surface area (Å²) in [6.07, 6.45) is 3.39. The second kappa shape index (κ2) is 6.37. The number of aromatic nitrogens is 2. The highest BCUT2D eigenvalue weighted by Gasteiger charge is 2.09. The van der Waals surface area contributed by atoms with Gasteiger partial charge in [-0.25, -0.2) is 4.79 Å². The lowest BCUT2D eigenvalue weighted by Gasteiger charge is -2.11. The molecule has 17 heavy (non-hydrogen) atoms. The third-order valence-corrected chi connectivity index (χ3v) is 3.33. The van der Waals surface area contributed by atoms with Crippen molar-refractivity contribution in [3.63, 3.8) is 0 Å². The second-order valence-corrected chi connectivity index (χ2v) is 5.75. The number of halogens is 1. The van der Waals surface area contributed by atoms with Gasteiger partial charge >= 0.3 is 5.69 Å². The molecule has 0 saturated carbocycles. The predicted octanol–water partition coefficient (Wildman–Crippen LogP) is 2.07. The van der Waals surface area contributed by atoms with E-state index in [1.54, 1.807) is 10.8 Å². The van der Waals surface area contributed by atoms with E-state index in [4.69, 9.17) is 0 Å². The molecule has 0 N–H and O–H groups in total. The minimum Gasteiger partial charge on any atom is -0.299 e. The van der Waals surface area contributed by atoms with E-state index in [9.17, 15) is 9.59 Å². The van der Waals surface area contributed by atoms with Gasteiger partial charge < -0.3 is 0 Å². The van der Waals surface area contributed by atoms with Gasteiger partial charge in [0.25, 0.3) is 5.56 Å². The van der Waals surface area contributed by atoms with Gasteiger partial charge in [-0.15, -0.1) is 0 Å². The first-order valence-electron chi connectivity index (χ1n) is 5.97. The van der Waals surface area contributed by atoms with Crippen molar-refractivity contribution >= 4 is 22.6 Å². The molecule has 1 aromatic rings. The van der Waals surface area contributed by atoms with Crippen LogP contribution < -0.4 is 11.2 Å². The second-order valence-electron chi connectivity index (χ2n) is 4.59. The number of hydrogen-bond acceptors (Lipinski definition) is 2. The Bertz CT molecular complexity index is 488. The smallest absolute Gasteiger partial charge is 0.299 e. The summed E-state index contributed by atoms with van der Waals surface area (Å²) in [6, 6.07) is 0. The van der Waals surface area contributed by atoms with Crippen LogP contribution in [-0.2, 0) is 13.1 Å². The summed E-state index contributed by atoms with van der Waals surface area (Å²) in [7, 11) is 0. The lowest BCUT2D eigenvalue weighted by Crippen LogP contribution is -2.41. The van der Waals surface area contributed by atoms with Gasteiger partial charge in [-0.3, -0.25) is 13.9 Å².